The Kier molecular flexibility index (Phi) is 7.53. The van der Waals surface area contributed by atoms with Crippen LogP contribution in [0.1, 0.15) is 16.8 Å². The summed E-state index contributed by atoms with van der Waals surface area (Å²) in [5.74, 6) is -2.59. The van der Waals surface area contributed by atoms with Gasteiger partial charge in [-0.2, -0.15) is 0 Å². The van der Waals surface area contributed by atoms with Gasteiger partial charge in [0.05, 0.1) is 10.8 Å². The van der Waals surface area contributed by atoms with E-state index < -0.39 is 29.0 Å². The maximum absolute atomic E-state index is 10.6. The van der Waals surface area contributed by atoms with Crippen LogP contribution in [0.4, 0.5) is 5.69 Å². The predicted molar refractivity (Wildman–Crippen MR) is 69.6 cm³/mol. The molecule has 0 unspecified atom stereocenters. The molecule has 8 nitrogen and oxygen atoms in total. The van der Waals surface area contributed by atoms with Crippen molar-refractivity contribution < 1.29 is 24.4 Å². The molecule has 0 atom stereocenters. The van der Waals surface area contributed by atoms with Crippen LogP contribution in [0.25, 0.3) is 0 Å². The number of hydrogen-bond donors (Lipinski definition) is 2. The number of halogens is 1. The highest BCUT2D eigenvalue weighted by Gasteiger charge is 2.15. The van der Waals surface area contributed by atoms with Crippen LogP contribution in [0.3, 0.4) is 0 Å². The van der Waals surface area contributed by atoms with Gasteiger partial charge < -0.3 is 10.8 Å². The van der Waals surface area contributed by atoms with E-state index in [1.54, 1.807) is 0 Å². The van der Waals surface area contributed by atoms with Crippen molar-refractivity contribution in [3.63, 3.8) is 0 Å². The number of nitrogens with zero attached hydrogens (tertiary/aromatic N) is 1. The fraction of sp³-hybridized carbons (Fsp3) is 0.182. The maximum Gasteiger partial charge on any atom is 0.310 e. The summed E-state index contributed by atoms with van der Waals surface area (Å²) < 4.78 is 0. The number of carbonyl (C=O) groups excluding carboxylic acids is 2. The number of rotatable bonds is 5. The second kappa shape index (κ2) is 8.59. The van der Waals surface area contributed by atoms with E-state index in [-0.39, 0.29) is 17.1 Å². The van der Waals surface area contributed by atoms with Gasteiger partial charge in [-0.15, -0.1) is 11.6 Å². The van der Waals surface area contributed by atoms with Crippen molar-refractivity contribution in [3.05, 3.63) is 39.9 Å². The number of nitro benzene ring substituents is 1. The minimum atomic E-state index is -1.13. The van der Waals surface area contributed by atoms with Crippen LogP contribution in [0.2, 0.25) is 0 Å². The molecule has 0 bridgehead atoms. The molecule has 0 fully saturated rings. The predicted octanol–water partition coefficient (Wildman–Crippen LogP) is 0.963. The fourth-order valence-corrected chi connectivity index (χ4v) is 1.15. The number of ketones is 1. The number of Topliss-reactive ketones (excluding diaryl/α,β-unsaturated/α-hetero) is 1. The van der Waals surface area contributed by atoms with Gasteiger partial charge in [0.1, 0.15) is 12.0 Å². The van der Waals surface area contributed by atoms with Crippen molar-refractivity contribution in [2.75, 3.05) is 5.88 Å². The molecule has 0 saturated heterocycles. The fourth-order valence-electron chi connectivity index (χ4n) is 1.06. The van der Waals surface area contributed by atoms with E-state index in [1.165, 1.54) is 24.3 Å². The van der Waals surface area contributed by atoms with Crippen molar-refractivity contribution in [2.45, 2.75) is 6.42 Å². The minimum absolute atomic E-state index is 0.0671. The van der Waals surface area contributed by atoms with E-state index in [4.69, 9.17) is 22.4 Å². The summed E-state index contributed by atoms with van der Waals surface area (Å²) in [7, 11) is 0. The Morgan fingerprint density at radius 2 is 1.85 bits per heavy atom. The lowest BCUT2D eigenvalue weighted by Gasteiger charge is -1.95. The molecule has 1 amide bonds. The molecule has 0 aliphatic carbocycles. The molecule has 20 heavy (non-hydrogen) atoms. The lowest BCUT2D eigenvalue weighted by Crippen LogP contribution is -2.12. The average molecular weight is 303 g/mol. The second-order valence-corrected chi connectivity index (χ2v) is 3.65. The monoisotopic (exact) mass is 302 g/mol. The number of carboxylic acids is 1. The van der Waals surface area contributed by atoms with Gasteiger partial charge in [0.2, 0.25) is 0 Å². The number of nitrogens with two attached hydrogens (primary N) is 1. The average Bonchev–Trinajstić information content (AvgIpc) is 2.38. The van der Waals surface area contributed by atoms with Crippen molar-refractivity contribution in [2.24, 2.45) is 5.73 Å². The van der Waals surface area contributed by atoms with Gasteiger partial charge in [-0.05, 0) is 6.07 Å². The molecule has 0 aromatic heterocycles. The number of carboxylic acid groups (broad SMARTS) is 1. The minimum Gasteiger partial charge on any atom is -0.481 e. The number of benzene rings is 1. The third-order valence-corrected chi connectivity index (χ3v) is 2.16. The summed E-state index contributed by atoms with van der Waals surface area (Å²) in [4.78, 5) is 40.1. The summed E-state index contributed by atoms with van der Waals surface area (Å²) in [6.45, 7) is 0. The smallest absolute Gasteiger partial charge is 0.310 e. The zero-order chi connectivity index (χ0) is 15.7. The number of aliphatic carboxylic acids is 1. The van der Waals surface area contributed by atoms with Gasteiger partial charge in [-0.25, -0.2) is 0 Å². The molecule has 9 heteroatoms. The lowest BCUT2D eigenvalue weighted by atomic mass is 10.2. The van der Waals surface area contributed by atoms with Crippen molar-refractivity contribution in [3.8, 4) is 0 Å². The number of para-hydroxylation sites is 1. The number of hydrogen-bond acceptors (Lipinski definition) is 5. The van der Waals surface area contributed by atoms with Crippen LogP contribution < -0.4 is 5.73 Å². The molecule has 0 spiro atoms. The first-order chi connectivity index (χ1) is 9.29. The van der Waals surface area contributed by atoms with Gasteiger partial charge >= 0.3 is 5.97 Å². The van der Waals surface area contributed by atoms with Gasteiger partial charge in [0, 0.05) is 6.07 Å². The molecule has 1 rings (SSSR count). The SMILES string of the molecule is NC(=O)c1ccccc1[N+](=O)[O-].O=C(O)CC(=O)CCl. The molecular formula is C11H11ClN2O6. The molecule has 1 aromatic rings. The standard InChI is InChI=1S/C7H6N2O3.C4H5ClO3/c8-7(10)5-3-1-2-4-6(5)9(11)12;5-2-3(6)1-4(7)8/h1-4H,(H2,8,10);1-2H2,(H,7,8). The van der Waals surface area contributed by atoms with Gasteiger partial charge in [0.25, 0.3) is 11.6 Å². The molecule has 3 N–H and O–H groups in total. The zero-order valence-electron chi connectivity index (χ0n) is 10.1. The quantitative estimate of drug-likeness (QED) is 0.359. The van der Waals surface area contributed by atoms with Crippen LogP contribution in [0.15, 0.2) is 24.3 Å². The molecule has 1 aromatic carbocycles. The Morgan fingerprint density at radius 3 is 2.15 bits per heavy atom. The molecule has 0 aliphatic rings. The third-order valence-electron chi connectivity index (χ3n) is 1.86. The summed E-state index contributed by atoms with van der Waals surface area (Å²) in [5.41, 5.74) is 4.58. The first-order valence-electron chi connectivity index (χ1n) is 5.12. The maximum atomic E-state index is 10.6. The molecule has 0 radical (unpaired) electrons. The largest absolute Gasteiger partial charge is 0.481 e. The Balaban J connectivity index is 0.000000396. The van der Waals surface area contributed by atoms with Crippen molar-refractivity contribution in [1.82, 2.24) is 0 Å². The Labute approximate surface area is 118 Å². The first kappa shape index (κ1) is 17.5. The number of alkyl halides is 1. The van der Waals surface area contributed by atoms with Gasteiger partial charge in [0.15, 0.2) is 5.78 Å². The Hall–Kier alpha value is -2.48. The molecule has 0 saturated carbocycles. The van der Waals surface area contributed by atoms with E-state index in [0.29, 0.717) is 0 Å². The van der Waals surface area contributed by atoms with E-state index in [0.717, 1.165) is 0 Å². The van der Waals surface area contributed by atoms with Gasteiger partial charge in [-0.3, -0.25) is 24.5 Å². The van der Waals surface area contributed by atoms with Crippen LogP contribution in [0.5, 0.6) is 0 Å². The van der Waals surface area contributed by atoms with E-state index >= 15 is 0 Å². The summed E-state index contributed by atoms with van der Waals surface area (Å²) in [6, 6.07) is 5.55. The normalized spacial score (nSPS) is 9.05. The third kappa shape index (κ3) is 6.45. The molecule has 108 valence electrons. The highest BCUT2D eigenvalue weighted by Crippen LogP contribution is 2.16. The summed E-state index contributed by atoms with van der Waals surface area (Å²) >= 11 is 4.98. The van der Waals surface area contributed by atoms with Crippen LogP contribution in [-0.2, 0) is 9.59 Å². The highest BCUT2D eigenvalue weighted by molar-refractivity contribution is 6.28. The molecular weight excluding hydrogens is 292 g/mol. The zero-order valence-corrected chi connectivity index (χ0v) is 10.9. The van der Waals surface area contributed by atoms with E-state index in [1.807, 2.05) is 0 Å². The van der Waals surface area contributed by atoms with Gasteiger partial charge in [-0.1, -0.05) is 12.1 Å². The van der Waals surface area contributed by atoms with Crippen LogP contribution in [-0.4, -0.2) is 33.6 Å². The molecule has 0 aliphatic heterocycles. The Bertz CT molecular complexity index is 498. The summed E-state index contributed by atoms with van der Waals surface area (Å²) in [5, 5.41) is 18.3. The highest BCUT2D eigenvalue weighted by atomic mass is 35.5. The topological polar surface area (TPSA) is 141 Å². The Morgan fingerprint density at radius 1 is 1.30 bits per heavy atom. The molecule has 0 heterocycles. The summed E-state index contributed by atoms with van der Waals surface area (Å²) in [6.07, 6.45) is -0.469. The lowest BCUT2D eigenvalue weighted by molar-refractivity contribution is -0.385. The first-order valence-corrected chi connectivity index (χ1v) is 5.65. The number of amides is 1. The van der Waals surface area contributed by atoms with E-state index in [9.17, 15) is 24.5 Å². The van der Waals surface area contributed by atoms with Crippen LogP contribution >= 0.6 is 11.6 Å². The number of carbonyl (C=O) groups is 3. The van der Waals surface area contributed by atoms with Crippen molar-refractivity contribution >= 4 is 34.9 Å². The number of nitro groups is 1. The second-order valence-electron chi connectivity index (χ2n) is 3.38. The van der Waals surface area contributed by atoms with Crippen molar-refractivity contribution in [1.29, 1.82) is 0 Å². The van der Waals surface area contributed by atoms with Crippen LogP contribution in [0, 0.1) is 10.1 Å². The van der Waals surface area contributed by atoms with E-state index in [2.05, 4.69) is 0 Å². The number of primary amides is 1.